The first kappa shape index (κ1) is 35.5. The van der Waals surface area contributed by atoms with Crippen LogP contribution < -0.4 is 0 Å². The van der Waals surface area contributed by atoms with Crippen molar-refractivity contribution >= 4 is 17.9 Å². The van der Waals surface area contributed by atoms with Gasteiger partial charge in [-0.15, -0.1) is 0 Å². The third-order valence-electron chi connectivity index (χ3n) is 12.8. The molecule has 1 aromatic rings. The first-order valence-corrected chi connectivity index (χ1v) is 16.3. The summed E-state index contributed by atoms with van der Waals surface area (Å²) in [6.07, 6.45) is -8.27. The van der Waals surface area contributed by atoms with Gasteiger partial charge in [0.15, 0.2) is 0 Å². The van der Waals surface area contributed by atoms with Crippen molar-refractivity contribution in [3.05, 3.63) is 59.7 Å². The SMILES string of the molecule is C=C1C[C@@]23[C@H]4[C@H](OC(=O)c5ccccc5)[C@H](OC(=O)/C(C)=C/C)[C@@H]1[C@@H]2C1N(C)C[C@]2(C)C[C@H](O)C[C@@]14[C@]2(O)[C@@H](O)[C@@H]3O.O=C(O)C(F)(F)F. The second-order valence-electron chi connectivity index (χ2n) is 15.0. The lowest BCUT2D eigenvalue weighted by Crippen LogP contribution is -2.84. The Labute approximate surface area is 281 Å². The highest BCUT2D eigenvalue weighted by Gasteiger charge is 2.93. The van der Waals surface area contributed by atoms with E-state index in [4.69, 9.17) is 19.4 Å². The van der Waals surface area contributed by atoms with Crippen molar-refractivity contribution in [2.75, 3.05) is 13.6 Å². The van der Waals surface area contributed by atoms with E-state index >= 15 is 0 Å². The molecule has 1 aliphatic heterocycles. The number of rotatable bonds is 4. The second kappa shape index (κ2) is 11.4. The fourth-order valence-electron chi connectivity index (χ4n) is 11.5. The number of likely N-dealkylation sites (tertiary alicyclic amines) is 1. The molecule has 5 aliphatic carbocycles. The lowest BCUT2D eigenvalue weighted by atomic mass is 9.38. The number of carboxylic acids is 1. The van der Waals surface area contributed by atoms with Crippen LogP contribution in [0.25, 0.3) is 0 Å². The number of hydrogen-bond acceptors (Lipinski definition) is 10. The van der Waals surface area contributed by atoms with Crippen molar-refractivity contribution < 1.29 is 62.6 Å². The first-order valence-electron chi connectivity index (χ1n) is 16.3. The first-order chi connectivity index (χ1) is 22.7. The molecule has 0 radical (unpaired) electrons. The van der Waals surface area contributed by atoms with E-state index in [-0.39, 0.29) is 18.8 Å². The van der Waals surface area contributed by atoms with E-state index in [1.165, 1.54) is 0 Å². The van der Waals surface area contributed by atoms with Crippen molar-refractivity contribution in [2.45, 2.75) is 88.4 Å². The van der Waals surface area contributed by atoms with E-state index in [0.29, 0.717) is 24.1 Å². The van der Waals surface area contributed by atoms with Gasteiger partial charge < -0.3 is 39.9 Å². The molecule has 0 amide bonds. The van der Waals surface area contributed by atoms with Crippen molar-refractivity contribution in [3.8, 4) is 0 Å². The molecule has 268 valence electrons. The van der Waals surface area contributed by atoms with Gasteiger partial charge in [0.05, 0.1) is 17.8 Å². The number of nitrogens with zero attached hydrogens (tertiary/aromatic N) is 1. The Bertz CT molecular complexity index is 1600. The number of aliphatic hydroxyl groups excluding tert-OH is 3. The minimum Gasteiger partial charge on any atom is -0.475 e. The summed E-state index contributed by atoms with van der Waals surface area (Å²) >= 11 is 0. The summed E-state index contributed by atoms with van der Waals surface area (Å²) in [5.41, 5.74) is -3.43. The summed E-state index contributed by atoms with van der Waals surface area (Å²) < 4.78 is 44.4. The highest BCUT2D eigenvalue weighted by molar-refractivity contribution is 5.90. The van der Waals surface area contributed by atoms with Gasteiger partial charge >= 0.3 is 24.1 Å². The molecular formula is C35H42F3NO10. The average Bonchev–Trinajstić information content (AvgIpc) is 3.34. The van der Waals surface area contributed by atoms with E-state index in [1.807, 2.05) is 14.0 Å². The van der Waals surface area contributed by atoms with Crippen LogP contribution in [0.2, 0.25) is 0 Å². The second-order valence-corrected chi connectivity index (χ2v) is 15.0. The Kier molecular flexibility index (Phi) is 8.23. The molecule has 2 spiro atoms. The Balaban J connectivity index is 0.000000540. The van der Waals surface area contributed by atoms with Crippen LogP contribution in [0.5, 0.6) is 0 Å². The van der Waals surface area contributed by atoms with Crippen LogP contribution in [0.15, 0.2) is 54.1 Å². The summed E-state index contributed by atoms with van der Waals surface area (Å²) in [7, 11) is 1.99. The molecule has 6 aliphatic rings. The highest BCUT2D eigenvalue weighted by Crippen LogP contribution is 2.84. The van der Waals surface area contributed by atoms with Crippen LogP contribution in [0.4, 0.5) is 13.2 Å². The zero-order valence-electron chi connectivity index (χ0n) is 27.6. The number of halogens is 3. The van der Waals surface area contributed by atoms with Gasteiger partial charge in [-0.25, -0.2) is 14.4 Å². The molecular weight excluding hydrogens is 651 g/mol. The summed E-state index contributed by atoms with van der Waals surface area (Å²) in [4.78, 5) is 38.2. The summed E-state index contributed by atoms with van der Waals surface area (Å²) in [6.45, 7) is 10.1. The average molecular weight is 694 g/mol. The number of allylic oxidation sites excluding steroid dienone is 1. The Morgan fingerprint density at radius 3 is 2.22 bits per heavy atom. The minimum absolute atomic E-state index is 0.161. The van der Waals surface area contributed by atoms with Crippen molar-refractivity contribution in [3.63, 3.8) is 0 Å². The van der Waals surface area contributed by atoms with Gasteiger partial charge in [0.25, 0.3) is 0 Å². The number of piperidine rings is 1. The number of alkyl halides is 3. The zero-order chi connectivity index (χ0) is 36.2. The van der Waals surface area contributed by atoms with Crippen LogP contribution in [-0.4, -0.2) is 110 Å². The molecule has 5 saturated carbocycles. The fourth-order valence-corrected chi connectivity index (χ4v) is 11.5. The number of hydrogen-bond donors (Lipinski definition) is 5. The molecule has 11 nitrogen and oxygen atoms in total. The molecule has 6 fully saturated rings. The molecule has 1 unspecified atom stereocenters. The summed E-state index contributed by atoms with van der Waals surface area (Å²) in [5.74, 6) is -5.48. The Hall–Kier alpha value is -3.30. The van der Waals surface area contributed by atoms with Crippen LogP contribution in [0.1, 0.15) is 50.4 Å². The topological polar surface area (TPSA) is 174 Å². The van der Waals surface area contributed by atoms with Crippen LogP contribution in [0.3, 0.4) is 0 Å². The lowest BCUT2D eigenvalue weighted by Gasteiger charge is -2.73. The maximum absolute atomic E-state index is 13.7. The van der Waals surface area contributed by atoms with Crippen LogP contribution in [0, 0.1) is 34.0 Å². The standard InChI is InChI=1S/C33H41NO8.C2HF3O2/c1-6-16(2)28(38)41-22-20-17(3)12-31-21(20)25-32(24(31)23(22)42-29(39)18-10-8-7-9-11-18)14-19(35)13-30(4,15-34(25)5)33(32,40)27(37)26(31)36;3-2(4,5)1(6)7/h6-11,19-27,35-37,40H,3,12-15H2,1-2,4-5H3;(H,6,7)/b16-6+;/t19-,20-,21+,22+,23+,24+,25?,26-,27-,30-,31-,32-,33-;/m0./s1. The molecule has 6 bridgehead atoms. The van der Waals surface area contributed by atoms with Crippen molar-refractivity contribution in [2.24, 2.45) is 34.0 Å². The summed E-state index contributed by atoms with van der Waals surface area (Å²) in [5, 5.41) is 55.6. The molecule has 1 heterocycles. The van der Waals surface area contributed by atoms with E-state index in [0.717, 1.165) is 5.57 Å². The number of carbonyl (C=O) groups excluding carboxylic acids is 2. The number of ether oxygens (including phenoxy) is 2. The maximum atomic E-state index is 13.7. The largest absolute Gasteiger partial charge is 0.490 e. The molecule has 7 rings (SSSR count). The number of benzene rings is 1. The molecule has 13 atom stereocenters. The normalized spacial score (nSPS) is 44.8. The van der Waals surface area contributed by atoms with Crippen LogP contribution in [-0.2, 0) is 19.1 Å². The maximum Gasteiger partial charge on any atom is 0.490 e. The van der Waals surface area contributed by atoms with E-state index in [1.54, 1.807) is 50.3 Å². The van der Waals surface area contributed by atoms with Gasteiger partial charge in [-0.05, 0) is 58.2 Å². The minimum atomic E-state index is -5.08. The number of esters is 2. The number of carbonyl (C=O) groups is 3. The molecule has 5 N–H and O–H groups in total. The molecule has 1 aromatic carbocycles. The quantitative estimate of drug-likeness (QED) is 0.178. The predicted molar refractivity (Wildman–Crippen MR) is 164 cm³/mol. The fraction of sp³-hybridized carbons (Fsp3) is 0.629. The van der Waals surface area contributed by atoms with Crippen molar-refractivity contribution in [1.82, 2.24) is 4.90 Å². The Morgan fingerprint density at radius 1 is 1.04 bits per heavy atom. The van der Waals surface area contributed by atoms with Crippen molar-refractivity contribution in [1.29, 1.82) is 0 Å². The van der Waals surface area contributed by atoms with Gasteiger partial charge in [0, 0.05) is 46.2 Å². The van der Waals surface area contributed by atoms with Gasteiger partial charge in [0.2, 0.25) is 0 Å². The zero-order valence-corrected chi connectivity index (χ0v) is 27.6. The molecule has 14 heteroatoms. The van der Waals surface area contributed by atoms with Gasteiger partial charge in [-0.3, -0.25) is 0 Å². The molecule has 1 saturated heterocycles. The molecule has 0 aromatic heterocycles. The third-order valence-corrected chi connectivity index (χ3v) is 12.8. The van der Waals surface area contributed by atoms with Gasteiger partial charge in [-0.1, -0.05) is 43.4 Å². The van der Waals surface area contributed by atoms with E-state index in [2.05, 4.69) is 11.5 Å². The lowest BCUT2D eigenvalue weighted by molar-refractivity contribution is -0.361. The number of aliphatic carboxylic acids is 1. The predicted octanol–water partition coefficient (Wildman–Crippen LogP) is 2.47. The van der Waals surface area contributed by atoms with E-state index < -0.39 is 94.3 Å². The van der Waals surface area contributed by atoms with Crippen LogP contribution >= 0.6 is 0 Å². The van der Waals surface area contributed by atoms with E-state index in [9.17, 15) is 43.2 Å². The third kappa shape index (κ3) is 4.49. The highest BCUT2D eigenvalue weighted by atomic mass is 19.4. The smallest absolute Gasteiger partial charge is 0.475 e. The number of carboxylic acid groups (broad SMARTS) is 1. The number of aliphatic hydroxyl groups is 4. The Morgan fingerprint density at radius 2 is 1.65 bits per heavy atom. The summed E-state index contributed by atoms with van der Waals surface area (Å²) in [6, 6.07) is 8.17. The van der Waals surface area contributed by atoms with Gasteiger partial charge in [-0.2, -0.15) is 13.2 Å². The molecule has 49 heavy (non-hydrogen) atoms. The monoisotopic (exact) mass is 693 g/mol. The van der Waals surface area contributed by atoms with Gasteiger partial charge in [0.1, 0.15) is 23.9 Å².